The van der Waals surface area contributed by atoms with E-state index in [0.717, 1.165) is 23.6 Å². The molecular weight excluding hydrogens is 320 g/mol. The van der Waals surface area contributed by atoms with Crippen molar-refractivity contribution in [2.24, 2.45) is 7.05 Å². The predicted octanol–water partition coefficient (Wildman–Crippen LogP) is 3.09. The molecule has 7 heteroatoms. The number of aromatic nitrogens is 4. The van der Waals surface area contributed by atoms with Gasteiger partial charge < -0.3 is 10.6 Å². The summed E-state index contributed by atoms with van der Waals surface area (Å²) in [5.74, 6) is 0. The van der Waals surface area contributed by atoms with Crippen LogP contribution in [0.25, 0.3) is 0 Å². The van der Waals surface area contributed by atoms with Gasteiger partial charge in [0.25, 0.3) is 0 Å². The first kappa shape index (κ1) is 16.2. The maximum atomic E-state index is 5.35. The van der Waals surface area contributed by atoms with E-state index in [1.165, 1.54) is 11.1 Å². The van der Waals surface area contributed by atoms with Crippen molar-refractivity contribution in [2.45, 2.75) is 20.4 Å². The molecule has 0 fully saturated rings. The van der Waals surface area contributed by atoms with Crippen molar-refractivity contribution in [1.82, 2.24) is 19.6 Å². The Balaban J connectivity index is 1.61. The van der Waals surface area contributed by atoms with Gasteiger partial charge in [-0.3, -0.25) is 9.36 Å². The molecule has 3 aromatic rings. The summed E-state index contributed by atoms with van der Waals surface area (Å²) in [7, 11) is 1.90. The van der Waals surface area contributed by atoms with Gasteiger partial charge in [0.2, 0.25) is 0 Å². The number of nitrogens with zero attached hydrogens (tertiary/aromatic N) is 4. The second-order valence-corrected chi connectivity index (χ2v) is 6.17. The summed E-state index contributed by atoms with van der Waals surface area (Å²) >= 11 is 5.35. The number of aryl methyl sites for hydroxylation is 2. The Labute approximate surface area is 146 Å². The molecule has 2 heterocycles. The second kappa shape index (κ2) is 6.84. The molecule has 3 rings (SSSR count). The third kappa shape index (κ3) is 3.80. The first-order chi connectivity index (χ1) is 11.5. The van der Waals surface area contributed by atoms with E-state index in [0.29, 0.717) is 5.11 Å². The van der Waals surface area contributed by atoms with E-state index in [4.69, 9.17) is 12.2 Å². The van der Waals surface area contributed by atoms with Gasteiger partial charge in [-0.2, -0.15) is 10.2 Å². The minimum absolute atomic E-state index is 0.515. The van der Waals surface area contributed by atoms with Gasteiger partial charge in [0, 0.05) is 13.2 Å². The molecule has 24 heavy (non-hydrogen) atoms. The van der Waals surface area contributed by atoms with E-state index in [1.807, 2.05) is 24.9 Å². The summed E-state index contributed by atoms with van der Waals surface area (Å²) in [6, 6.07) is 8.40. The Bertz CT molecular complexity index is 864. The molecule has 0 atom stereocenters. The molecule has 0 saturated heterocycles. The van der Waals surface area contributed by atoms with Crippen molar-refractivity contribution >= 4 is 28.7 Å². The Kier molecular flexibility index (Phi) is 4.61. The number of nitrogens with one attached hydrogen (secondary N) is 2. The van der Waals surface area contributed by atoms with Gasteiger partial charge in [0.15, 0.2) is 5.11 Å². The molecule has 0 aliphatic rings. The lowest BCUT2D eigenvalue weighted by Crippen LogP contribution is -2.19. The van der Waals surface area contributed by atoms with E-state index in [1.54, 1.807) is 17.1 Å². The normalized spacial score (nSPS) is 10.6. The van der Waals surface area contributed by atoms with Crippen molar-refractivity contribution in [3.05, 3.63) is 59.7 Å². The van der Waals surface area contributed by atoms with Crippen LogP contribution in [0.4, 0.5) is 11.4 Å². The molecule has 0 bridgehead atoms. The summed E-state index contributed by atoms with van der Waals surface area (Å²) in [5.41, 5.74) is 5.23. The van der Waals surface area contributed by atoms with Gasteiger partial charge in [-0.1, -0.05) is 29.8 Å². The number of thiocarbonyl (C=S) groups is 1. The maximum absolute atomic E-state index is 5.35. The lowest BCUT2D eigenvalue weighted by Gasteiger charge is -2.08. The first-order valence-corrected chi connectivity index (χ1v) is 8.06. The molecule has 0 amide bonds. The van der Waals surface area contributed by atoms with Gasteiger partial charge in [-0.15, -0.1) is 0 Å². The minimum atomic E-state index is 0.515. The van der Waals surface area contributed by atoms with Crippen LogP contribution in [-0.4, -0.2) is 24.7 Å². The molecule has 0 aliphatic carbocycles. The van der Waals surface area contributed by atoms with Gasteiger partial charge in [-0.05, 0) is 31.6 Å². The Morgan fingerprint density at radius 2 is 2.00 bits per heavy atom. The highest BCUT2D eigenvalue weighted by Crippen LogP contribution is 2.14. The maximum Gasteiger partial charge on any atom is 0.175 e. The number of hydrogen-bond donors (Lipinski definition) is 2. The molecule has 2 aromatic heterocycles. The van der Waals surface area contributed by atoms with Gasteiger partial charge in [-0.25, -0.2) is 0 Å². The zero-order valence-electron chi connectivity index (χ0n) is 13.9. The number of hydrogen-bond acceptors (Lipinski definition) is 3. The standard InChI is InChI=1S/C17H20N6S/c1-12-5-4-6-14(7-12)10-23-11-15(8-19-23)20-17(24)21-16-9-18-22(3)13(16)2/h4-9,11H,10H2,1-3H3,(H2,20,21,24). The molecule has 124 valence electrons. The average molecular weight is 340 g/mol. The number of rotatable bonds is 4. The predicted molar refractivity (Wildman–Crippen MR) is 100 cm³/mol. The van der Waals surface area contributed by atoms with Crippen molar-refractivity contribution in [1.29, 1.82) is 0 Å². The smallest absolute Gasteiger partial charge is 0.175 e. The highest BCUT2D eigenvalue weighted by molar-refractivity contribution is 7.80. The molecule has 0 unspecified atom stereocenters. The molecule has 0 aliphatic heterocycles. The fourth-order valence-electron chi connectivity index (χ4n) is 2.42. The van der Waals surface area contributed by atoms with E-state index in [-0.39, 0.29) is 0 Å². The fourth-order valence-corrected chi connectivity index (χ4v) is 2.65. The van der Waals surface area contributed by atoms with Gasteiger partial charge in [0.1, 0.15) is 0 Å². The SMILES string of the molecule is Cc1cccc(Cn2cc(NC(=S)Nc3cnn(C)c3C)cn2)c1. The highest BCUT2D eigenvalue weighted by atomic mass is 32.1. The number of anilines is 2. The van der Waals surface area contributed by atoms with Crippen LogP contribution in [0.1, 0.15) is 16.8 Å². The molecule has 6 nitrogen and oxygen atoms in total. The van der Waals surface area contributed by atoms with Crippen LogP contribution in [-0.2, 0) is 13.6 Å². The topological polar surface area (TPSA) is 59.7 Å². The zero-order valence-corrected chi connectivity index (χ0v) is 14.8. The Morgan fingerprint density at radius 3 is 2.71 bits per heavy atom. The summed E-state index contributed by atoms with van der Waals surface area (Å²) in [5, 5.41) is 15.4. The summed E-state index contributed by atoms with van der Waals surface area (Å²) in [4.78, 5) is 0. The molecule has 0 spiro atoms. The quantitative estimate of drug-likeness (QED) is 0.715. The third-order valence-electron chi connectivity index (χ3n) is 3.80. The van der Waals surface area contributed by atoms with Crippen molar-refractivity contribution in [3.8, 4) is 0 Å². The Hall–Kier alpha value is -2.67. The van der Waals surface area contributed by atoms with Crippen LogP contribution in [0.5, 0.6) is 0 Å². The summed E-state index contributed by atoms with van der Waals surface area (Å²) in [6.45, 7) is 4.80. The number of benzene rings is 1. The van der Waals surface area contributed by atoms with Crippen LogP contribution >= 0.6 is 12.2 Å². The van der Waals surface area contributed by atoms with Crippen LogP contribution in [0, 0.1) is 13.8 Å². The van der Waals surface area contributed by atoms with E-state index in [2.05, 4.69) is 52.0 Å². The summed E-state index contributed by atoms with van der Waals surface area (Å²) in [6.07, 6.45) is 5.46. The lowest BCUT2D eigenvalue weighted by atomic mass is 10.1. The Morgan fingerprint density at radius 1 is 1.17 bits per heavy atom. The minimum Gasteiger partial charge on any atom is -0.330 e. The second-order valence-electron chi connectivity index (χ2n) is 5.76. The molecule has 1 aromatic carbocycles. The monoisotopic (exact) mass is 340 g/mol. The zero-order chi connectivity index (χ0) is 17.1. The van der Waals surface area contributed by atoms with Crippen molar-refractivity contribution in [2.75, 3.05) is 10.6 Å². The highest BCUT2D eigenvalue weighted by Gasteiger charge is 2.07. The van der Waals surface area contributed by atoms with Crippen LogP contribution in [0.2, 0.25) is 0 Å². The van der Waals surface area contributed by atoms with E-state index < -0.39 is 0 Å². The largest absolute Gasteiger partial charge is 0.330 e. The lowest BCUT2D eigenvalue weighted by molar-refractivity contribution is 0.686. The van der Waals surface area contributed by atoms with Gasteiger partial charge in [0.05, 0.1) is 36.0 Å². The molecular formula is C17H20N6S. The van der Waals surface area contributed by atoms with Crippen LogP contribution in [0.3, 0.4) is 0 Å². The van der Waals surface area contributed by atoms with Crippen molar-refractivity contribution < 1.29 is 0 Å². The van der Waals surface area contributed by atoms with Gasteiger partial charge >= 0.3 is 0 Å². The van der Waals surface area contributed by atoms with Crippen LogP contribution in [0.15, 0.2) is 42.9 Å². The molecule has 0 saturated carbocycles. The third-order valence-corrected chi connectivity index (χ3v) is 4.01. The van der Waals surface area contributed by atoms with E-state index >= 15 is 0 Å². The summed E-state index contributed by atoms with van der Waals surface area (Å²) < 4.78 is 3.68. The fraction of sp³-hybridized carbons (Fsp3) is 0.235. The molecule has 2 N–H and O–H groups in total. The van der Waals surface area contributed by atoms with Crippen molar-refractivity contribution in [3.63, 3.8) is 0 Å². The van der Waals surface area contributed by atoms with E-state index in [9.17, 15) is 0 Å². The van der Waals surface area contributed by atoms with Crippen LogP contribution < -0.4 is 10.6 Å². The first-order valence-electron chi connectivity index (χ1n) is 7.66. The molecule has 0 radical (unpaired) electrons. The average Bonchev–Trinajstić information content (AvgIpc) is 3.09.